The standard InChI is InChI=1S/C19H22N2O3/c1-2-24-17-10-9-16-18(21-17)14(11-12-20-16)6-3-13-4-7-15(8-5-13)19(22)23/h3,6,9-13,15H,2,4-5,7-8H2,1H3,(H,22,23)/b6-3+. The number of aromatic nitrogens is 2. The minimum Gasteiger partial charge on any atom is -0.481 e. The molecule has 0 aliphatic heterocycles. The van der Waals surface area contributed by atoms with Crippen LogP contribution in [0, 0.1) is 11.8 Å². The molecular formula is C19H22N2O3. The molecule has 0 spiro atoms. The van der Waals surface area contributed by atoms with Crippen LogP contribution in [-0.4, -0.2) is 27.7 Å². The molecule has 0 saturated heterocycles. The number of nitrogens with zero attached hydrogens (tertiary/aromatic N) is 2. The second-order valence-electron chi connectivity index (χ2n) is 6.16. The van der Waals surface area contributed by atoms with E-state index in [9.17, 15) is 4.79 Å². The lowest BCUT2D eigenvalue weighted by atomic mass is 9.82. The van der Waals surface area contributed by atoms with E-state index in [0.29, 0.717) is 18.4 Å². The van der Waals surface area contributed by atoms with Crippen LogP contribution in [0.4, 0.5) is 0 Å². The number of carboxylic acid groups (broad SMARTS) is 1. The molecule has 2 aromatic rings. The molecule has 2 heterocycles. The first-order valence-corrected chi connectivity index (χ1v) is 8.47. The Morgan fingerprint density at radius 1 is 1.29 bits per heavy atom. The van der Waals surface area contributed by atoms with Crippen LogP contribution in [0.25, 0.3) is 17.1 Å². The van der Waals surface area contributed by atoms with E-state index >= 15 is 0 Å². The zero-order chi connectivity index (χ0) is 16.9. The monoisotopic (exact) mass is 326 g/mol. The molecule has 2 aromatic heterocycles. The minimum absolute atomic E-state index is 0.174. The number of carboxylic acids is 1. The van der Waals surface area contributed by atoms with Gasteiger partial charge in [0.15, 0.2) is 0 Å². The SMILES string of the molecule is CCOc1ccc2nccc(/C=C/C3CCC(C(=O)O)CC3)c2n1. The molecule has 0 radical (unpaired) electrons. The molecule has 5 heteroatoms. The van der Waals surface area contributed by atoms with Crippen LogP contribution < -0.4 is 4.74 Å². The Balaban J connectivity index is 1.77. The summed E-state index contributed by atoms with van der Waals surface area (Å²) in [6.07, 6.45) is 9.41. The molecule has 0 aromatic carbocycles. The average molecular weight is 326 g/mol. The van der Waals surface area contributed by atoms with Crippen LogP contribution >= 0.6 is 0 Å². The lowest BCUT2D eigenvalue weighted by Crippen LogP contribution is -2.20. The highest BCUT2D eigenvalue weighted by atomic mass is 16.5. The van der Waals surface area contributed by atoms with E-state index in [1.54, 1.807) is 6.20 Å². The molecule has 5 nitrogen and oxygen atoms in total. The fourth-order valence-electron chi connectivity index (χ4n) is 3.19. The van der Waals surface area contributed by atoms with Crippen LogP contribution in [-0.2, 0) is 4.79 Å². The molecule has 1 N–H and O–H groups in total. The van der Waals surface area contributed by atoms with Crippen LogP contribution in [0.1, 0.15) is 38.2 Å². The van der Waals surface area contributed by atoms with Gasteiger partial charge in [0.05, 0.1) is 23.6 Å². The molecule has 126 valence electrons. The number of hydrogen-bond donors (Lipinski definition) is 1. The summed E-state index contributed by atoms with van der Waals surface area (Å²) < 4.78 is 5.48. The highest BCUT2D eigenvalue weighted by Crippen LogP contribution is 2.30. The summed E-state index contributed by atoms with van der Waals surface area (Å²) in [7, 11) is 0. The summed E-state index contributed by atoms with van der Waals surface area (Å²) >= 11 is 0. The summed E-state index contributed by atoms with van der Waals surface area (Å²) in [5.41, 5.74) is 2.69. The molecule has 1 fully saturated rings. The fourth-order valence-corrected chi connectivity index (χ4v) is 3.19. The largest absolute Gasteiger partial charge is 0.481 e. The van der Waals surface area contributed by atoms with E-state index in [1.165, 1.54) is 0 Å². The van der Waals surface area contributed by atoms with E-state index in [4.69, 9.17) is 9.84 Å². The minimum atomic E-state index is -0.662. The first-order chi connectivity index (χ1) is 11.7. The van der Waals surface area contributed by atoms with Gasteiger partial charge in [-0.05, 0) is 50.7 Å². The number of allylic oxidation sites excluding steroid dienone is 1. The van der Waals surface area contributed by atoms with Gasteiger partial charge in [-0.15, -0.1) is 0 Å². The van der Waals surface area contributed by atoms with Crippen molar-refractivity contribution in [3.8, 4) is 5.88 Å². The number of hydrogen-bond acceptors (Lipinski definition) is 4. The summed E-state index contributed by atoms with van der Waals surface area (Å²) in [5, 5.41) is 9.08. The van der Waals surface area contributed by atoms with Crippen molar-refractivity contribution in [3.05, 3.63) is 36.0 Å². The van der Waals surface area contributed by atoms with Gasteiger partial charge in [-0.1, -0.05) is 12.2 Å². The highest BCUT2D eigenvalue weighted by molar-refractivity contribution is 5.84. The van der Waals surface area contributed by atoms with E-state index in [2.05, 4.69) is 22.1 Å². The zero-order valence-electron chi connectivity index (χ0n) is 13.8. The number of pyridine rings is 2. The van der Waals surface area contributed by atoms with Crippen molar-refractivity contribution >= 4 is 23.1 Å². The van der Waals surface area contributed by atoms with Crippen LogP contribution in [0.2, 0.25) is 0 Å². The smallest absolute Gasteiger partial charge is 0.306 e. The first-order valence-electron chi connectivity index (χ1n) is 8.47. The van der Waals surface area contributed by atoms with Crippen molar-refractivity contribution < 1.29 is 14.6 Å². The van der Waals surface area contributed by atoms with E-state index in [-0.39, 0.29) is 5.92 Å². The Hall–Kier alpha value is -2.43. The molecule has 24 heavy (non-hydrogen) atoms. The number of fused-ring (bicyclic) bond motifs is 1. The zero-order valence-corrected chi connectivity index (χ0v) is 13.8. The third-order valence-corrected chi connectivity index (χ3v) is 4.55. The van der Waals surface area contributed by atoms with E-state index < -0.39 is 5.97 Å². The van der Waals surface area contributed by atoms with Gasteiger partial charge in [0.1, 0.15) is 0 Å². The van der Waals surface area contributed by atoms with Gasteiger partial charge >= 0.3 is 5.97 Å². The van der Waals surface area contributed by atoms with Gasteiger partial charge in [0, 0.05) is 17.8 Å². The van der Waals surface area contributed by atoms with Gasteiger partial charge in [-0.3, -0.25) is 9.78 Å². The number of rotatable bonds is 5. The van der Waals surface area contributed by atoms with Crippen LogP contribution in [0.3, 0.4) is 0 Å². The Kier molecular flexibility index (Phi) is 5.08. The van der Waals surface area contributed by atoms with Crippen molar-refractivity contribution in [1.82, 2.24) is 9.97 Å². The molecule has 1 saturated carbocycles. The summed E-state index contributed by atoms with van der Waals surface area (Å²) in [4.78, 5) is 19.9. The average Bonchev–Trinajstić information content (AvgIpc) is 2.60. The third-order valence-electron chi connectivity index (χ3n) is 4.55. The molecule has 0 amide bonds. The Bertz CT molecular complexity index is 749. The van der Waals surface area contributed by atoms with Gasteiger partial charge < -0.3 is 9.84 Å². The van der Waals surface area contributed by atoms with E-state index in [0.717, 1.165) is 42.3 Å². The molecule has 3 rings (SSSR count). The maximum Gasteiger partial charge on any atom is 0.306 e. The van der Waals surface area contributed by atoms with Gasteiger partial charge in [0.25, 0.3) is 0 Å². The predicted molar refractivity (Wildman–Crippen MR) is 92.8 cm³/mol. The maximum absolute atomic E-state index is 11.0. The Morgan fingerprint density at radius 3 is 2.79 bits per heavy atom. The second kappa shape index (κ2) is 7.43. The van der Waals surface area contributed by atoms with Crippen molar-refractivity contribution in [2.45, 2.75) is 32.6 Å². The molecule has 0 atom stereocenters. The number of carbonyl (C=O) groups is 1. The summed E-state index contributed by atoms with van der Waals surface area (Å²) in [6.45, 7) is 2.51. The quantitative estimate of drug-likeness (QED) is 0.901. The third kappa shape index (κ3) is 3.72. The second-order valence-corrected chi connectivity index (χ2v) is 6.16. The predicted octanol–water partition coefficient (Wildman–Crippen LogP) is 3.93. The van der Waals surface area contributed by atoms with Crippen molar-refractivity contribution in [1.29, 1.82) is 0 Å². The number of ether oxygens (including phenoxy) is 1. The van der Waals surface area contributed by atoms with Crippen LogP contribution in [0.5, 0.6) is 5.88 Å². The molecule has 1 aliphatic carbocycles. The Morgan fingerprint density at radius 2 is 2.08 bits per heavy atom. The van der Waals surface area contributed by atoms with Gasteiger partial charge in [-0.2, -0.15) is 0 Å². The van der Waals surface area contributed by atoms with Gasteiger partial charge in [-0.25, -0.2) is 4.98 Å². The topological polar surface area (TPSA) is 72.3 Å². The highest BCUT2D eigenvalue weighted by Gasteiger charge is 2.24. The fraction of sp³-hybridized carbons (Fsp3) is 0.421. The number of aliphatic carboxylic acids is 1. The van der Waals surface area contributed by atoms with Gasteiger partial charge in [0.2, 0.25) is 5.88 Å². The molecule has 0 bridgehead atoms. The molecular weight excluding hydrogens is 304 g/mol. The normalized spacial score (nSPS) is 21.2. The lowest BCUT2D eigenvalue weighted by Gasteiger charge is -2.23. The first kappa shape index (κ1) is 16.4. The van der Waals surface area contributed by atoms with Crippen LogP contribution in [0.15, 0.2) is 30.5 Å². The summed E-state index contributed by atoms with van der Waals surface area (Å²) in [5.74, 6) is 0.200. The van der Waals surface area contributed by atoms with E-state index in [1.807, 2.05) is 25.1 Å². The van der Waals surface area contributed by atoms with Crippen molar-refractivity contribution in [2.75, 3.05) is 6.61 Å². The Labute approximate surface area is 141 Å². The molecule has 0 unspecified atom stereocenters. The maximum atomic E-state index is 11.0. The summed E-state index contributed by atoms with van der Waals surface area (Å²) in [6, 6.07) is 5.70. The van der Waals surface area contributed by atoms with Crippen molar-refractivity contribution in [3.63, 3.8) is 0 Å². The lowest BCUT2D eigenvalue weighted by molar-refractivity contribution is -0.142. The molecule has 1 aliphatic rings. The van der Waals surface area contributed by atoms with Crippen molar-refractivity contribution in [2.24, 2.45) is 11.8 Å².